The minimum atomic E-state index is -0.318. The molecule has 0 spiro atoms. The molecule has 0 unspecified atom stereocenters. The zero-order valence-electron chi connectivity index (χ0n) is 11.0. The largest absolute Gasteiger partial charge is 0.495 e. The maximum absolute atomic E-state index is 12.0. The minimum absolute atomic E-state index is 0.172. The summed E-state index contributed by atoms with van der Waals surface area (Å²) in [5, 5.41) is 3.11. The number of anilines is 1. The van der Waals surface area contributed by atoms with Gasteiger partial charge in [0.25, 0.3) is 5.91 Å². The Balaban J connectivity index is 2.21. The number of pyridine rings is 1. The fourth-order valence-electron chi connectivity index (χ4n) is 1.68. The molecule has 0 bridgehead atoms. The van der Waals surface area contributed by atoms with Crippen molar-refractivity contribution in [3.05, 3.63) is 57.5 Å². The smallest absolute Gasteiger partial charge is 0.257 e. The third kappa shape index (κ3) is 3.00. The predicted molar refractivity (Wildman–Crippen MR) is 77.6 cm³/mol. The van der Waals surface area contributed by atoms with Crippen LogP contribution in [0.5, 0.6) is 5.75 Å². The number of amides is 1. The Hall–Kier alpha value is -2.27. The molecule has 1 N–H and O–H groups in total. The molecule has 1 aromatic heterocycles. The van der Waals surface area contributed by atoms with Crippen LogP contribution in [-0.2, 0) is 7.05 Å². The van der Waals surface area contributed by atoms with Gasteiger partial charge >= 0.3 is 0 Å². The fraction of sp³-hybridized carbons (Fsp3) is 0.143. The Morgan fingerprint density at radius 2 is 2.05 bits per heavy atom. The maximum Gasteiger partial charge on any atom is 0.257 e. The van der Waals surface area contributed by atoms with Gasteiger partial charge in [-0.2, -0.15) is 0 Å². The number of ether oxygens (including phenoxy) is 1. The van der Waals surface area contributed by atoms with Crippen molar-refractivity contribution in [1.82, 2.24) is 4.57 Å². The van der Waals surface area contributed by atoms with Crippen molar-refractivity contribution < 1.29 is 9.53 Å². The fourth-order valence-corrected chi connectivity index (χ4v) is 1.93. The van der Waals surface area contributed by atoms with Crippen LogP contribution in [0.3, 0.4) is 0 Å². The van der Waals surface area contributed by atoms with Crippen molar-refractivity contribution >= 4 is 23.2 Å². The van der Waals surface area contributed by atoms with Crippen molar-refractivity contribution in [2.24, 2.45) is 7.05 Å². The second-order valence-corrected chi connectivity index (χ2v) is 4.58. The Labute approximate surface area is 120 Å². The van der Waals surface area contributed by atoms with Gasteiger partial charge in [0.2, 0.25) is 5.56 Å². The maximum atomic E-state index is 12.0. The van der Waals surface area contributed by atoms with Crippen LogP contribution in [-0.4, -0.2) is 17.6 Å². The van der Waals surface area contributed by atoms with E-state index in [1.54, 1.807) is 25.2 Å². The molecule has 2 aromatic rings. The van der Waals surface area contributed by atoms with Gasteiger partial charge in [0.15, 0.2) is 0 Å². The lowest BCUT2D eigenvalue weighted by atomic mass is 10.2. The normalized spacial score (nSPS) is 10.2. The molecule has 104 valence electrons. The van der Waals surface area contributed by atoms with Gasteiger partial charge in [-0.05, 0) is 24.3 Å². The summed E-state index contributed by atoms with van der Waals surface area (Å²) < 4.78 is 6.38. The van der Waals surface area contributed by atoms with E-state index in [9.17, 15) is 9.59 Å². The molecule has 6 heteroatoms. The highest BCUT2D eigenvalue weighted by Crippen LogP contribution is 2.27. The number of hydrogen-bond donors (Lipinski definition) is 1. The Morgan fingerprint density at radius 3 is 2.65 bits per heavy atom. The van der Waals surface area contributed by atoms with E-state index in [0.29, 0.717) is 22.0 Å². The van der Waals surface area contributed by atoms with E-state index in [2.05, 4.69) is 5.32 Å². The highest BCUT2D eigenvalue weighted by molar-refractivity contribution is 6.32. The van der Waals surface area contributed by atoms with E-state index < -0.39 is 0 Å². The van der Waals surface area contributed by atoms with Gasteiger partial charge in [-0.1, -0.05) is 11.6 Å². The summed E-state index contributed by atoms with van der Waals surface area (Å²) in [5.74, 6) is 0.216. The Kier molecular flexibility index (Phi) is 4.10. The predicted octanol–water partition coefficient (Wildman–Crippen LogP) is 2.30. The standard InChI is InChI=1S/C14H13ClN2O3/c1-17-8-9(3-6-13(17)18)14(19)16-10-4-5-12(20-2)11(15)7-10/h3-8H,1-2H3,(H,16,19). The number of carbonyl (C=O) groups is 1. The molecule has 5 nitrogen and oxygen atoms in total. The molecule has 0 fully saturated rings. The first-order valence-corrected chi connectivity index (χ1v) is 6.20. The molecule has 0 saturated heterocycles. The molecule has 1 aromatic carbocycles. The van der Waals surface area contributed by atoms with Crippen molar-refractivity contribution in [3.8, 4) is 5.75 Å². The Morgan fingerprint density at radius 1 is 1.30 bits per heavy atom. The summed E-state index contributed by atoms with van der Waals surface area (Å²) >= 11 is 5.98. The van der Waals surface area contributed by atoms with Crippen LogP contribution >= 0.6 is 11.6 Å². The topological polar surface area (TPSA) is 60.3 Å². The quantitative estimate of drug-likeness (QED) is 0.944. The van der Waals surface area contributed by atoms with E-state index in [1.807, 2.05) is 0 Å². The molecule has 0 atom stereocenters. The van der Waals surface area contributed by atoms with Crippen LogP contribution in [0.15, 0.2) is 41.3 Å². The molecular weight excluding hydrogens is 280 g/mol. The Bertz CT molecular complexity index is 710. The van der Waals surface area contributed by atoms with Gasteiger partial charge in [0, 0.05) is 25.0 Å². The number of benzene rings is 1. The molecule has 1 amide bonds. The van der Waals surface area contributed by atoms with Crippen molar-refractivity contribution in [2.45, 2.75) is 0 Å². The van der Waals surface area contributed by atoms with Gasteiger partial charge in [-0.3, -0.25) is 9.59 Å². The zero-order chi connectivity index (χ0) is 14.7. The average molecular weight is 293 g/mol. The van der Waals surface area contributed by atoms with Crippen molar-refractivity contribution in [1.29, 1.82) is 0 Å². The number of aryl methyl sites for hydroxylation is 1. The molecule has 0 saturated carbocycles. The van der Waals surface area contributed by atoms with Crippen molar-refractivity contribution in [3.63, 3.8) is 0 Å². The third-order valence-electron chi connectivity index (χ3n) is 2.76. The van der Waals surface area contributed by atoms with E-state index in [-0.39, 0.29) is 11.5 Å². The van der Waals surface area contributed by atoms with Crippen LogP contribution in [0.2, 0.25) is 5.02 Å². The lowest BCUT2D eigenvalue weighted by Crippen LogP contribution is -2.19. The van der Waals surface area contributed by atoms with E-state index in [1.165, 1.54) is 30.0 Å². The van der Waals surface area contributed by atoms with E-state index in [0.717, 1.165) is 0 Å². The number of nitrogens with zero attached hydrogens (tertiary/aromatic N) is 1. The van der Waals surface area contributed by atoms with Crippen LogP contribution in [0, 0.1) is 0 Å². The van der Waals surface area contributed by atoms with Gasteiger partial charge in [0.05, 0.1) is 17.7 Å². The molecule has 2 rings (SSSR count). The van der Waals surface area contributed by atoms with Crippen LogP contribution in [0.4, 0.5) is 5.69 Å². The number of rotatable bonds is 3. The molecular formula is C14H13ClN2O3. The summed E-state index contributed by atoms with van der Waals surface area (Å²) in [6.45, 7) is 0. The number of aromatic nitrogens is 1. The zero-order valence-corrected chi connectivity index (χ0v) is 11.8. The first kappa shape index (κ1) is 14.1. The summed E-state index contributed by atoms with van der Waals surface area (Å²) in [7, 11) is 3.10. The molecule has 1 heterocycles. The summed E-state index contributed by atoms with van der Waals surface area (Å²) in [6.07, 6.45) is 1.47. The minimum Gasteiger partial charge on any atom is -0.495 e. The highest BCUT2D eigenvalue weighted by atomic mass is 35.5. The number of nitrogens with one attached hydrogen (secondary N) is 1. The van der Waals surface area contributed by atoms with Gasteiger partial charge in [-0.15, -0.1) is 0 Å². The number of methoxy groups -OCH3 is 1. The SMILES string of the molecule is COc1ccc(NC(=O)c2ccc(=O)n(C)c2)cc1Cl. The summed E-state index contributed by atoms with van der Waals surface area (Å²) in [6, 6.07) is 7.77. The molecule has 0 aliphatic carbocycles. The average Bonchev–Trinajstić information content (AvgIpc) is 2.42. The van der Waals surface area contributed by atoms with Crippen molar-refractivity contribution in [2.75, 3.05) is 12.4 Å². The van der Waals surface area contributed by atoms with E-state index in [4.69, 9.17) is 16.3 Å². The number of hydrogen-bond acceptors (Lipinski definition) is 3. The van der Waals surface area contributed by atoms with Crippen LogP contribution in [0.1, 0.15) is 10.4 Å². The second-order valence-electron chi connectivity index (χ2n) is 4.17. The lowest BCUT2D eigenvalue weighted by molar-refractivity contribution is 0.102. The number of carbonyl (C=O) groups excluding carboxylic acids is 1. The summed E-state index contributed by atoms with van der Waals surface area (Å²) in [5.41, 5.74) is 0.766. The second kappa shape index (κ2) is 5.79. The molecule has 0 aliphatic heterocycles. The summed E-state index contributed by atoms with van der Waals surface area (Å²) in [4.78, 5) is 23.3. The van der Waals surface area contributed by atoms with E-state index >= 15 is 0 Å². The highest BCUT2D eigenvalue weighted by Gasteiger charge is 2.08. The van der Waals surface area contributed by atoms with Gasteiger partial charge in [0.1, 0.15) is 5.75 Å². The van der Waals surface area contributed by atoms with Crippen LogP contribution < -0.4 is 15.6 Å². The first-order chi connectivity index (χ1) is 9.51. The molecule has 0 aliphatic rings. The first-order valence-electron chi connectivity index (χ1n) is 5.83. The lowest BCUT2D eigenvalue weighted by Gasteiger charge is -2.08. The van der Waals surface area contributed by atoms with Gasteiger partial charge in [-0.25, -0.2) is 0 Å². The number of halogens is 1. The monoisotopic (exact) mass is 292 g/mol. The molecule has 0 radical (unpaired) electrons. The van der Waals surface area contributed by atoms with Crippen LogP contribution in [0.25, 0.3) is 0 Å². The third-order valence-corrected chi connectivity index (χ3v) is 3.05. The van der Waals surface area contributed by atoms with Gasteiger partial charge < -0.3 is 14.6 Å². The molecule has 20 heavy (non-hydrogen) atoms.